The lowest BCUT2D eigenvalue weighted by Gasteiger charge is -2.30. The highest BCUT2D eigenvalue weighted by Gasteiger charge is 2.27. The molecular weight excluding hydrogens is 447 g/mol. The maximum Gasteiger partial charge on any atom is 0.261 e. The Morgan fingerprint density at radius 2 is 1.75 bits per heavy atom. The van der Waals surface area contributed by atoms with E-state index in [0.29, 0.717) is 15.8 Å². The molecule has 0 aliphatic heterocycles. The molecule has 32 heavy (non-hydrogen) atoms. The molecule has 0 saturated carbocycles. The molecule has 1 N–H and O–H groups in total. The zero-order valence-corrected chi connectivity index (χ0v) is 21.1. The predicted octanol–water partition coefficient (Wildman–Crippen LogP) is 5.63. The standard InChI is InChI=1S/C25H32Cl2N2O3/c1-7-17(4)28-25(31)19(6)29(13-20-8-9-21(26)22(27)12-20)24(30)14-32-23-11-15(2)10-16(3)18(23)5/h8-12,17,19H,7,13-14H2,1-6H3,(H,28,31). The number of amides is 2. The van der Waals surface area contributed by atoms with E-state index in [9.17, 15) is 9.59 Å². The molecule has 2 atom stereocenters. The van der Waals surface area contributed by atoms with E-state index in [4.69, 9.17) is 27.9 Å². The summed E-state index contributed by atoms with van der Waals surface area (Å²) >= 11 is 12.2. The van der Waals surface area contributed by atoms with Crippen molar-refractivity contribution in [2.45, 2.75) is 66.6 Å². The zero-order valence-electron chi connectivity index (χ0n) is 19.6. The van der Waals surface area contributed by atoms with Crippen LogP contribution in [0.15, 0.2) is 30.3 Å². The van der Waals surface area contributed by atoms with Crippen molar-refractivity contribution in [2.24, 2.45) is 0 Å². The Balaban J connectivity index is 2.24. The molecule has 0 saturated heterocycles. The third-order valence-electron chi connectivity index (χ3n) is 5.62. The number of halogens is 2. The summed E-state index contributed by atoms with van der Waals surface area (Å²) < 4.78 is 5.88. The van der Waals surface area contributed by atoms with Gasteiger partial charge in [0.25, 0.3) is 5.91 Å². The molecule has 0 bridgehead atoms. The smallest absolute Gasteiger partial charge is 0.261 e. The number of rotatable bonds is 9. The topological polar surface area (TPSA) is 58.6 Å². The normalized spacial score (nSPS) is 12.8. The Morgan fingerprint density at radius 3 is 2.38 bits per heavy atom. The van der Waals surface area contributed by atoms with Crippen molar-refractivity contribution in [1.82, 2.24) is 10.2 Å². The molecule has 2 unspecified atom stereocenters. The van der Waals surface area contributed by atoms with Crippen LogP contribution in [0.1, 0.15) is 49.4 Å². The van der Waals surface area contributed by atoms with Gasteiger partial charge in [-0.25, -0.2) is 0 Å². The van der Waals surface area contributed by atoms with Gasteiger partial charge in [0, 0.05) is 12.6 Å². The van der Waals surface area contributed by atoms with Gasteiger partial charge < -0.3 is 15.0 Å². The number of hydrogen-bond acceptors (Lipinski definition) is 3. The summed E-state index contributed by atoms with van der Waals surface area (Å²) in [5.74, 6) is 0.166. The van der Waals surface area contributed by atoms with Crippen LogP contribution in [0.3, 0.4) is 0 Å². The molecule has 2 amide bonds. The molecule has 0 aromatic heterocycles. The number of carbonyl (C=O) groups is 2. The number of nitrogens with one attached hydrogen (secondary N) is 1. The van der Waals surface area contributed by atoms with Crippen LogP contribution in [0.2, 0.25) is 10.0 Å². The molecule has 0 fully saturated rings. The van der Waals surface area contributed by atoms with Crippen LogP contribution in [0.5, 0.6) is 5.75 Å². The highest BCUT2D eigenvalue weighted by Crippen LogP contribution is 2.25. The van der Waals surface area contributed by atoms with Gasteiger partial charge in [0.05, 0.1) is 10.0 Å². The summed E-state index contributed by atoms with van der Waals surface area (Å²) in [6.45, 7) is 11.6. The largest absolute Gasteiger partial charge is 0.483 e. The fraction of sp³-hybridized carbons (Fsp3) is 0.440. The molecule has 0 heterocycles. The van der Waals surface area contributed by atoms with Crippen molar-refractivity contribution in [3.05, 3.63) is 62.6 Å². The van der Waals surface area contributed by atoms with Gasteiger partial charge in [-0.05, 0) is 81.5 Å². The second-order valence-electron chi connectivity index (χ2n) is 8.26. The van der Waals surface area contributed by atoms with Crippen LogP contribution in [0.25, 0.3) is 0 Å². The third kappa shape index (κ3) is 6.88. The van der Waals surface area contributed by atoms with Crippen molar-refractivity contribution >= 4 is 35.0 Å². The van der Waals surface area contributed by atoms with Crippen LogP contribution in [0.4, 0.5) is 0 Å². The average Bonchev–Trinajstić information content (AvgIpc) is 2.74. The van der Waals surface area contributed by atoms with Crippen LogP contribution < -0.4 is 10.1 Å². The molecule has 2 rings (SSSR count). The molecule has 0 spiro atoms. The Morgan fingerprint density at radius 1 is 1.06 bits per heavy atom. The molecule has 0 aliphatic carbocycles. The maximum absolute atomic E-state index is 13.2. The highest BCUT2D eigenvalue weighted by molar-refractivity contribution is 6.42. The number of nitrogens with zero attached hydrogens (tertiary/aromatic N) is 1. The molecule has 0 radical (unpaired) electrons. The fourth-order valence-electron chi connectivity index (χ4n) is 3.26. The first-order valence-electron chi connectivity index (χ1n) is 10.8. The Bertz CT molecular complexity index is 978. The van der Waals surface area contributed by atoms with Gasteiger partial charge in [0.15, 0.2) is 6.61 Å². The first kappa shape index (κ1) is 26.0. The van der Waals surface area contributed by atoms with E-state index in [-0.39, 0.29) is 31.0 Å². The van der Waals surface area contributed by atoms with Crippen molar-refractivity contribution in [3.63, 3.8) is 0 Å². The van der Waals surface area contributed by atoms with Crippen molar-refractivity contribution < 1.29 is 14.3 Å². The maximum atomic E-state index is 13.2. The zero-order chi connectivity index (χ0) is 24.0. The van der Waals surface area contributed by atoms with E-state index in [2.05, 4.69) is 11.4 Å². The summed E-state index contributed by atoms with van der Waals surface area (Å²) in [5, 5.41) is 3.78. The average molecular weight is 479 g/mol. The lowest BCUT2D eigenvalue weighted by atomic mass is 10.1. The number of carbonyl (C=O) groups excluding carboxylic acids is 2. The Hall–Kier alpha value is -2.24. The first-order chi connectivity index (χ1) is 15.0. The number of aryl methyl sites for hydroxylation is 2. The molecule has 174 valence electrons. The van der Waals surface area contributed by atoms with Gasteiger partial charge >= 0.3 is 0 Å². The highest BCUT2D eigenvalue weighted by atomic mass is 35.5. The molecule has 7 heteroatoms. The van der Waals surface area contributed by atoms with Gasteiger partial charge in [-0.15, -0.1) is 0 Å². The van der Waals surface area contributed by atoms with Crippen LogP contribution in [0, 0.1) is 20.8 Å². The number of benzene rings is 2. The monoisotopic (exact) mass is 478 g/mol. The van der Waals surface area contributed by atoms with Crippen molar-refractivity contribution in [3.8, 4) is 5.75 Å². The lowest BCUT2D eigenvalue weighted by Crippen LogP contribution is -2.50. The fourth-order valence-corrected chi connectivity index (χ4v) is 3.58. The van der Waals surface area contributed by atoms with E-state index in [1.807, 2.05) is 40.7 Å². The summed E-state index contributed by atoms with van der Waals surface area (Å²) in [6, 6.07) is 8.50. The molecular formula is C25H32Cl2N2O3. The third-order valence-corrected chi connectivity index (χ3v) is 6.36. The minimum absolute atomic E-state index is 0.0149. The van der Waals surface area contributed by atoms with Crippen LogP contribution in [-0.4, -0.2) is 35.4 Å². The molecule has 2 aromatic carbocycles. The quantitative estimate of drug-likeness (QED) is 0.507. The Labute approximate surface area is 201 Å². The second-order valence-corrected chi connectivity index (χ2v) is 9.07. The summed E-state index contributed by atoms with van der Waals surface area (Å²) in [6.07, 6.45) is 0.800. The van der Waals surface area contributed by atoms with Gasteiger partial charge in [0.2, 0.25) is 5.91 Å². The second kappa shape index (κ2) is 11.6. The van der Waals surface area contributed by atoms with E-state index in [1.54, 1.807) is 25.1 Å². The van der Waals surface area contributed by atoms with Gasteiger partial charge in [-0.3, -0.25) is 9.59 Å². The minimum atomic E-state index is -0.685. The van der Waals surface area contributed by atoms with Crippen LogP contribution in [-0.2, 0) is 16.1 Å². The van der Waals surface area contributed by atoms with E-state index in [0.717, 1.165) is 28.7 Å². The van der Waals surface area contributed by atoms with Gasteiger partial charge in [-0.1, -0.05) is 42.3 Å². The van der Waals surface area contributed by atoms with E-state index in [1.165, 1.54) is 4.90 Å². The minimum Gasteiger partial charge on any atom is -0.483 e. The summed E-state index contributed by atoms with van der Waals surface area (Å²) in [5.41, 5.74) is 3.92. The van der Waals surface area contributed by atoms with Crippen LogP contribution >= 0.6 is 23.2 Å². The van der Waals surface area contributed by atoms with E-state index >= 15 is 0 Å². The first-order valence-corrected chi connectivity index (χ1v) is 11.5. The van der Waals surface area contributed by atoms with E-state index < -0.39 is 6.04 Å². The predicted molar refractivity (Wildman–Crippen MR) is 131 cm³/mol. The SMILES string of the molecule is CCC(C)NC(=O)C(C)N(Cc1ccc(Cl)c(Cl)c1)C(=O)COc1cc(C)cc(C)c1C. The summed E-state index contributed by atoms with van der Waals surface area (Å²) in [7, 11) is 0. The van der Waals surface area contributed by atoms with Crippen molar-refractivity contribution in [2.75, 3.05) is 6.61 Å². The number of ether oxygens (including phenoxy) is 1. The van der Waals surface area contributed by atoms with Gasteiger partial charge in [0.1, 0.15) is 11.8 Å². The number of hydrogen-bond donors (Lipinski definition) is 1. The molecule has 0 aliphatic rings. The van der Waals surface area contributed by atoms with Gasteiger partial charge in [-0.2, -0.15) is 0 Å². The molecule has 2 aromatic rings. The lowest BCUT2D eigenvalue weighted by molar-refractivity contribution is -0.142. The molecule has 5 nitrogen and oxygen atoms in total. The van der Waals surface area contributed by atoms with Crippen molar-refractivity contribution in [1.29, 1.82) is 0 Å². The summed E-state index contributed by atoms with van der Waals surface area (Å²) in [4.78, 5) is 27.5. The Kier molecular flexibility index (Phi) is 9.41.